The predicted octanol–water partition coefficient (Wildman–Crippen LogP) is 1.51. The highest BCUT2D eigenvalue weighted by molar-refractivity contribution is 6.29. The summed E-state index contributed by atoms with van der Waals surface area (Å²) in [6.45, 7) is -0.0786. The van der Waals surface area contributed by atoms with E-state index in [0.29, 0.717) is 17.2 Å². The fourth-order valence-electron chi connectivity index (χ4n) is 3.15. The van der Waals surface area contributed by atoms with Crippen molar-refractivity contribution >= 4 is 34.9 Å². The highest BCUT2D eigenvalue weighted by Crippen LogP contribution is 2.32. The summed E-state index contributed by atoms with van der Waals surface area (Å²) in [7, 11) is 0. The van der Waals surface area contributed by atoms with Crippen LogP contribution in [0.25, 0.3) is 5.65 Å². The third-order valence-electron chi connectivity index (χ3n) is 4.81. The Hall–Kier alpha value is -2.76. The van der Waals surface area contributed by atoms with Gasteiger partial charge in [0.15, 0.2) is 12.0 Å². The quantitative estimate of drug-likeness (QED) is 0.459. The van der Waals surface area contributed by atoms with E-state index in [1.165, 1.54) is 6.07 Å². The average molecular weight is 422 g/mol. The molecule has 2 fully saturated rings. The summed E-state index contributed by atoms with van der Waals surface area (Å²) in [6.07, 6.45) is -0.128. The first-order chi connectivity index (χ1) is 14.0. The van der Waals surface area contributed by atoms with Crippen molar-refractivity contribution < 1.29 is 19.0 Å². The third kappa shape index (κ3) is 3.52. The van der Waals surface area contributed by atoms with Crippen LogP contribution in [0.5, 0.6) is 0 Å². The first-order valence-corrected chi connectivity index (χ1v) is 9.48. The van der Waals surface area contributed by atoms with Gasteiger partial charge in [-0.05, 0) is 12.8 Å². The van der Waals surface area contributed by atoms with Crippen molar-refractivity contribution in [2.24, 2.45) is 0 Å². The van der Waals surface area contributed by atoms with Crippen LogP contribution in [0.2, 0.25) is 5.15 Å². The summed E-state index contributed by atoms with van der Waals surface area (Å²) < 4.78 is 20.9. The molecule has 1 aliphatic carbocycles. The standard InChI is InChI=1S/C17H17ClFN7O3/c18-11-4-13-21-9(16(28)20-7-1-2-7)5-26(13)17(22-11)23-12-3-8(24-25-12)15-14(19)10(27)6-29-15/h3-5,7,10,14-15,27H,1-2,6H2,(H,20,28)(H2,22,23,24,25)/t10-,14+,15-/m1/s1. The molecule has 5 rings (SSSR count). The molecule has 29 heavy (non-hydrogen) atoms. The third-order valence-corrected chi connectivity index (χ3v) is 5.01. The molecule has 0 unspecified atom stereocenters. The molecule has 4 N–H and O–H groups in total. The maximum absolute atomic E-state index is 14.0. The number of anilines is 2. The normalized spacial score (nSPS) is 24.2. The van der Waals surface area contributed by atoms with Crippen molar-refractivity contribution in [3.63, 3.8) is 0 Å². The molecule has 0 radical (unpaired) electrons. The SMILES string of the molecule is O=C(NC1CC1)c1cn2c(Nc3cc([C@H]4OC[C@@H](O)[C@@H]4F)[nH]n3)nc(Cl)cc2n1. The molecule has 152 valence electrons. The number of nitrogens with zero attached hydrogens (tertiary/aromatic N) is 4. The summed E-state index contributed by atoms with van der Waals surface area (Å²) >= 11 is 6.09. The number of rotatable bonds is 5. The van der Waals surface area contributed by atoms with Gasteiger partial charge in [-0.3, -0.25) is 14.3 Å². The molecular formula is C17H17ClFN7O3. The molecule has 12 heteroatoms. The number of ether oxygens (including phenoxy) is 1. The number of halogens is 2. The van der Waals surface area contributed by atoms with Crippen LogP contribution in [-0.4, -0.2) is 60.5 Å². The monoisotopic (exact) mass is 421 g/mol. The number of aromatic nitrogens is 5. The summed E-state index contributed by atoms with van der Waals surface area (Å²) in [4.78, 5) is 20.8. The predicted molar refractivity (Wildman–Crippen MR) is 100.0 cm³/mol. The first-order valence-electron chi connectivity index (χ1n) is 9.10. The maximum atomic E-state index is 14.0. The van der Waals surface area contributed by atoms with Crippen molar-refractivity contribution in [2.45, 2.75) is 37.3 Å². The number of aliphatic hydroxyl groups is 1. The van der Waals surface area contributed by atoms with E-state index < -0.39 is 18.4 Å². The van der Waals surface area contributed by atoms with Crippen molar-refractivity contribution in [3.05, 3.63) is 34.9 Å². The molecule has 10 nitrogen and oxygen atoms in total. The Morgan fingerprint density at radius 1 is 1.38 bits per heavy atom. The van der Waals surface area contributed by atoms with Gasteiger partial charge < -0.3 is 20.5 Å². The zero-order chi connectivity index (χ0) is 20.1. The molecule has 0 spiro atoms. The number of hydrogen-bond donors (Lipinski definition) is 4. The number of alkyl halides is 1. The topological polar surface area (TPSA) is 129 Å². The van der Waals surface area contributed by atoms with Gasteiger partial charge in [0.25, 0.3) is 5.91 Å². The molecule has 3 atom stereocenters. The van der Waals surface area contributed by atoms with Crippen molar-refractivity contribution in [2.75, 3.05) is 11.9 Å². The zero-order valence-electron chi connectivity index (χ0n) is 15.0. The van der Waals surface area contributed by atoms with Gasteiger partial charge in [0.1, 0.15) is 28.7 Å². The first kappa shape index (κ1) is 18.3. The average Bonchev–Trinajstić information content (AvgIpc) is 3.07. The summed E-state index contributed by atoms with van der Waals surface area (Å²) in [5.74, 6) is 0.366. The van der Waals surface area contributed by atoms with Crippen molar-refractivity contribution in [1.29, 1.82) is 0 Å². The number of aromatic amines is 1. The van der Waals surface area contributed by atoms with Gasteiger partial charge in [-0.2, -0.15) is 5.10 Å². The molecule has 1 saturated carbocycles. The number of carbonyl (C=O) groups excluding carboxylic acids is 1. The molecule has 1 aliphatic heterocycles. The van der Waals surface area contributed by atoms with Gasteiger partial charge in [0, 0.05) is 24.4 Å². The Kier molecular flexibility index (Phi) is 4.37. The highest BCUT2D eigenvalue weighted by atomic mass is 35.5. The number of imidazole rings is 1. The minimum absolute atomic E-state index is 0.0786. The van der Waals surface area contributed by atoms with Crippen LogP contribution < -0.4 is 10.6 Å². The van der Waals surface area contributed by atoms with Crippen LogP contribution in [0.15, 0.2) is 18.3 Å². The van der Waals surface area contributed by atoms with Crippen molar-refractivity contribution in [3.8, 4) is 0 Å². The van der Waals surface area contributed by atoms with Gasteiger partial charge in [0.05, 0.1) is 12.3 Å². The van der Waals surface area contributed by atoms with E-state index in [1.807, 2.05) is 0 Å². The fraction of sp³-hybridized carbons (Fsp3) is 0.412. The molecule has 1 saturated heterocycles. The number of H-pyrrole nitrogens is 1. The highest BCUT2D eigenvalue weighted by Gasteiger charge is 2.38. The maximum Gasteiger partial charge on any atom is 0.271 e. The second kappa shape index (κ2) is 6.94. The van der Waals surface area contributed by atoms with Gasteiger partial charge >= 0.3 is 0 Å². The fourth-order valence-corrected chi connectivity index (χ4v) is 3.33. The molecule has 3 aromatic rings. The number of amides is 1. The molecule has 4 heterocycles. The number of fused-ring (bicyclic) bond motifs is 1. The second-order valence-corrected chi connectivity index (χ2v) is 7.49. The lowest BCUT2D eigenvalue weighted by molar-refractivity contribution is 0.0744. The Morgan fingerprint density at radius 3 is 2.93 bits per heavy atom. The number of nitrogens with one attached hydrogen (secondary N) is 3. The molecule has 1 amide bonds. The minimum atomic E-state index is -1.54. The van der Waals surface area contributed by atoms with Crippen LogP contribution >= 0.6 is 11.6 Å². The van der Waals surface area contributed by atoms with Crippen molar-refractivity contribution in [1.82, 2.24) is 29.9 Å². The van der Waals surface area contributed by atoms with E-state index in [0.717, 1.165) is 12.8 Å². The van der Waals surface area contributed by atoms with Crippen LogP contribution in [0.1, 0.15) is 35.1 Å². The Balaban J connectivity index is 1.41. The molecular weight excluding hydrogens is 405 g/mol. The van der Waals surface area contributed by atoms with Gasteiger partial charge in [-0.15, -0.1) is 0 Å². The van der Waals surface area contributed by atoms with E-state index in [-0.39, 0.29) is 35.4 Å². The molecule has 0 aromatic carbocycles. The molecule has 3 aromatic heterocycles. The van der Waals surface area contributed by atoms with Gasteiger partial charge in [-0.1, -0.05) is 11.6 Å². The molecule has 2 aliphatic rings. The minimum Gasteiger partial charge on any atom is -0.388 e. The van der Waals surface area contributed by atoms with E-state index in [9.17, 15) is 14.3 Å². The smallest absolute Gasteiger partial charge is 0.271 e. The van der Waals surface area contributed by atoms with E-state index in [4.69, 9.17) is 16.3 Å². The number of carbonyl (C=O) groups is 1. The van der Waals surface area contributed by atoms with Crippen LogP contribution in [0.4, 0.5) is 16.2 Å². The Morgan fingerprint density at radius 2 is 2.21 bits per heavy atom. The summed E-state index contributed by atoms with van der Waals surface area (Å²) in [5, 5.41) is 22.3. The lowest BCUT2D eigenvalue weighted by Crippen LogP contribution is -2.25. The zero-order valence-corrected chi connectivity index (χ0v) is 15.7. The number of hydrogen-bond acceptors (Lipinski definition) is 7. The van der Waals surface area contributed by atoms with E-state index in [1.54, 1.807) is 16.7 Å². The van der Waals surface area contributed by atoms with Crippen LogP contribution in [-0.2, 0) is 4.74 Å². The Bertz CT molecular complexity index is 1080. The molecule has 0 bridgehead atoms. The lowest BCUT2D eigenvalue weighted by Gasteiger charge is -2.09. The summed E-state index contributed by atoms with van der Waals surface area (Å²) in [5.41, 5.74) is 1.07. The summed E-state index contributed by atoms with van der Waals surface area (Å²) in [6, 6.07) is 3.31. The second-order valence-electron chi connectivity index (χ2n) is 7.10. The number of aliphatic hydroxyl groups excluding tert-OH is 1. The lowest BCUT2D eigenvalue weighted by atomic mass is 10.1. The largest absolute Gasteiger partial charge is 0.388 e. The van der Waals surface area contributed by atoms with E-state index in [2.05, 4.69) is 30.8 Å². The Labute approximate surface area is 168 Å². The van der Waals surface area contributed by atoms with E-state index >= 15 is 0 Å². The van der Waals surface area contributed by atoms with Gasteiger partial charge in [-0.25, -0.2) is 14.4 Å². The van der Waals surface area contributed by atoms with Gasteiger partial charge in [0.2, 0.25) is 5.95 Å². The van der Waals surface area contributed by atoms with Crippen LogP contribution in [0.3, 0.4) is 0 Å². The van der Waals surface area contributed by atoms with Crippen LogP contribution in [0, 0.1) is 0 Å².